The predicted octanol–water partition coefficient (Wildman–Crippen LogP) is 7.41. The van der Waals surface area contributed by atoms with Crippen LogP contribution in [-0.4, -0.2) is 7.11 Å². The fraction of sp³-hybridized carbons (Fsp3) is 0.667. The summed E-state index contributed by atoms with van der Waals surface area (Å²) >= 11 is 0. The van der Waals surface area contributed by atoms with Crippen molar-refractivity contribution in [3.05, 3.63) is 41.5 Å². The van der Waals surface area contributed by atoms with Gasteiger partial charge in [0.05, 0.1) is 7.11 Å². The molecule has 0 aliphatic heterocycles. The summed E-state index contributed by atoms with van der Waals surface area (Å²) in [5.74, 6) is 1.14. The monoisotopic (exact) mass is 376 g/mol. The van der Waals surface area contributed by atoms with Gasteiger partial charge in [-0.2, -0.15) is 4.39 Å². The number of benzene rings is 1. The maximum absolute atomic E-state index is 14.4. The van der Waals surface area contributed by atoms with Crippen molar-refractivity contribution in [1.82, 2.24) is 0 Å². The van der Waals surface area contributed by atoms with Crippen LogP contribution in [0.2, 0.25) is 0 Å². The van der Waals surface area contributed by atoms with Gasteiger partial charge in [-0.1, -0.05) is 31.1 Å². The molecule has 3 heteroatoms. The van der Waals surface area contributed by atoms with E-state index >= 15 is 0 Å². The SMILES string of the molecule is CC=CCCC1CCC(C2CCC(c3ccc(OC)c(F)c3F)CC2)CC1. The molecule has 0 N–H and O–H groups in total. The van der Waals surface area contributed by atoms with Gasteiger partial charge < -0.3 is 4.74 Å². The number of rotatable bonds is 6. The van der Waals surface area contributed by atoms with E-state index in [9.17, 15) is 8.78 Å². The molecule has 0 heterocycles. The molecule has 27 heavy (non-hydrogen) atoms. The van der Waals surface area contributed by atoms with Gasteiger partial charge in [-0.05, 0) is 93.6 Å². The Labute approximate surface area is 163 Å². The van der Waals surface area contributed by atoms with Gasteiger partial charge in [0.1, 0.15) is 0 Å². The van der Waals surface area contributed by atoms with Gasteiger partial charge >= 0.3 is 0 Å². The van der Waals surface area contributed by atoms with E-state index in [1.54, 1.807) is 12.1 Å². The summed E-state index contributed by atoms with van der Waals surface area (Å²) in [5, 5.41) is 0. The Morgan fingerprint density at radius 1 is 0.926 bits per heavy atom. The van der Waals surface area contributed by atoms with Crippen LogP contribution < -0.4 is 4.74 Å². The lowest BCUT2D eigenvalue weighted by atomic mass is 9.68. The van der Waals surface area contributed by atoms with E-state index in [1.165, 1.54) is 45.6 Å². The standard InChI is InChI=1S/C24H34F2O/c1-3-4-5-6-17-7-9-18(10-8-17)19-11-13-20(14-12-19)21-15-16-22(27-2)24(26)23(21)25/h3-4,15-20H,5-14H2,1-2H3. The third-order valence-corrected chi connectivity index (χ3v) is 7.04. The molecule has 150 valence electrons. The summed E-state index contributed by atoms with van der Waals surface area (Å²) in [7, 11) is 1.37. The first-order chi connectivity index (χ1) is 13.1. The minimum atomic E-state index is -0.839. The van der Waals surface area contributed by atoms with Crippen LogP contribution in [0.3, 0.4) is 0 Å². The predicted molar refractivity (Wildman–Crippen MR) is 107 cm³/mol. The Bertz CT molecular complexity index is 624. The molecule has 0 radical (unpaired) electrons. The molecule has 1 nitrogen and oxygen atoms in total. The van der Waals surface area contributed by atoms with Crippen molar-refractivity contribution in [2.24, 2.45) is 17.8 Å². The Hall–Kier alpha value is -1.38. The maximum atomic E-state index is 14.4. The van der Waals surface area contributed by atoms with Crippen molar-refractivity contribution in [2.45, 2.75) is 77.0 Å². The Balaban J connectivity index is 1.49. The summed E-state index contributed by atoms with van der Waals surface area (Å²) < 4.78 is 33.3. The molecule has 1 aromatic carbocycles. The second-order valence-corrected chi connectivity index (χ2v) is 8.52. The largest absolute Gasteiger partial charge is 0.494 e. The fourth-order valence-corrected chi connectivity index (χ4v) is 5.37. The molecule has 2 aliphatic rings. The number of hydrogen-bond donors (Lipinski definition) is 0. The highest BCUT2D eigenvalue weighted by molar-refractivity contribution is 5.33. The molecule has 0 saturated heterocycles. The van der Waals surface area contributed by atoms with Crippen molar-refractivity contribution in [1.29, 1.82) is 0 Å². The third-order valence-electron chi connectivity index (χ3n) is 7.04. The fourth-order valence-electron chi connectivity index (χ4n) is 5.37. The molecule has 0 atom stereocenters. The highest BCUT2D eigenvalue weighted by atomic mass is 19.2. The van der Waals surface area contributed by atoms with E-state index in [2.05, 4.69) is 19.1 Å². The van der Waals surface area contributed by atoms with Gasteiger partial charge in [0, 0.05) is 0 Å². The average Bonchev–Trinajstić information content (AvgIpc) is 2.71. The molecule has 0 spiro atoms. The van der Waals surface area contributed by atoms with E-state index in [0.29, 0.717) is 5.56 Å². The number of halogens is 2. The number of methoxy groups -OCH3 is 1. The molecule has 2 aliphatic carbocycles. The molecule has 3 rings (SSSR count). The summed E-state index contributed by atoms with van der Waals surface area (Å²) in [4.78, 5) is 0. The van der Waals surface area contributed by atoms with Gasteiger partial charge in [-0.15, -0.1) is 0 Å². The highest BCUT2D eigenvalue weighted by Crippen LogP contribution is 2.45. The Kier molecular flexibility index (Phi) is 7.32. The smallest absolute Gasteiger partial charge is 0.200 e. The molecule has 0 bridgehead atoms. The van der Waals surface area contributed by atoms with Crippen LogP contribution in [0, 0.1) is 29.4 Å². The van der Waals surface area contributed by atoms with Crippen molar-refractivity contribution >= 4 is 0 Å². The molecular weight excluding hydrogens is 342 g/mol. The first-order valence-corrected chi connectivity index (χ1v) is 10.8. The zero-order valence-electron chi connectivity index (χ0n) is 16.9. The summed E-state index contributed by atoms with van der Waals surface area (Å²) in [6, 6.07) is 3.28. The minimum absolute atomic E-state index is 0.00359. The maximum Gasteiger partial charge on any atom is 0.200 e. The highest BCUT2D eigenvalue weighted by Gasteiger charge is 2.32. The van der Waals surface area contributed by atoms with Gasteiger partial charge in [0.25, 0.3) is 0 Å². The van der Waals surface area contributed by atoms with Crippen molar-refractivity contribution < 1.29 is 13.5 Å². The van der Waals surface area contributed by atoms with Crippen LogP contribution in [-0.2, 0) is 0 Å². The van der Waals surface area contributed by atoms with Crippen molar-refractivity contribution in [2.75, 3.05) is 7.11 Å². The number of allylic oxidation sites excluding steroid dienone is 2. The first-order valence-electron chi connectivity index (χ1n) is 10.8. The molecule has 0 unspecified atom stereocenters. The van der Waals surface area contributed by atoms with Crippen LogP contribution in [0.25, 0.3) is 0 Å². The Morgan fingerprint density at radius 3 is 2.15 bits per heavy atom. The zero-order chi connectivity index (χ0) is 19.2. The molecule has 0 aromatic heterocycles. The topological polar surface area (TPSA) is 9.23 Å². The second kappa shape index (κ2) is 9.71. The second-order valence-electron chi connectivity index (χ2n) is 8.52. The molecule has 2 fully saturated rings. The summed E-state index contributed by atoms with van der Waals surface area (Å²) in [6.45, 7) is 2.10. The van der Waals surface area contributed by atoms with E-state index in [1.807, 2.05) is 0 Å². The lowest BCUT2D eigenvalue weighted by Crippen LogP contribution is -2.25. The molecule has 1 aromatic rings. The van der Waals surface area contributed by atoms with Crippen LogP contribution in [0.15, 0.2) is 24.3 Å². The van der Waals surface area contributed by atoms with Crippen molar-refractivity contribution in [3.63, 3.8) is 0 Å². The van der Waals surface area contributed by atoms with Crippen LogP contribution in [0.5, 0.6) is 5.75 Å². The third kappa shape index (κ3) is 4.92. The number of hydrogen-bond acceptors (Lipinski definition) is 1. The lowest BCUT2D eigenvalue weighted by molar-refractivity contribution is 0.156. The van der Waals surface area contributed by atoms with Crippen LogP contribution in [0.1, 0.15) is 82.6 Å². The normalized spacial score (nSPS) is 29.2. The number of ether oxygens (including phenoxy) is 1. The first kappa shape index (κ1) is 20.4. The van der Waals surface area contributed by atoms with Gasteiger partial charge in [0.15, 0.2) is 11.6 Å². The van der Waals surface area contributed by atoms with Gasteiger partial charge in [-0.3, -0.25) is 0 Å². The van der Waals surface area contributed by atoms with E-state index < -0.39 is 11.6 Å². The van der Waals surface area contributed by atoms with E-state index in [0.717, 1.165) is 43.4 Å². The summed E-state index contributed by atoms with van der Waals surface area (Å²) in [6.07, 6.45) is 16.8. The molecule has 2 saturated carbocycles. The summed E-state index contributed by atoms with van der Waals surface area (Å²) in [5.41, 5.74) is 0.541. The van der Waals surface area contributed by atoms with Crippen LogP contribution >= 0.6 is 0 Å². The van der Waals surface area contributed by atoms with Gasteiger partial charge in [0.2, 0.25) is 5.82 Å². The van der Waals surface area contributed by atoms with Gasteiger partial charge in [-0.25, -0.2) is 4.39 Å². The molecular formula is C24H34F2O. The zero-order valence-corrected chi connectivity index (χ0v) is 16.9. The van der Waals surface area contributed by atoms with Crippen LogP contribution in [0.4, 0.5) is 8.78 Å². The quantitative estimate of drug-likeness (QED) is 0.470. The molecule has 0 amide bonds. The Morgan fingerprint density at radius 2 is 1.56 bits per heavy atom. The average molecular weight is 377 g/mol. The van der Waals surface area contributed by atoms with E-state index in [4.69, 9.17) is 4.74 Å². The van der Waals surface area contributed by atoms with E-state index in [-0.39, 0.29) is 11.7 Å². The lowest BCUT2D eigenvalue weighted by Gasteiger charge is -2.38. The minimum Gasteiger partial charge on any atom is -0.494 e. The van der Waals surface area contributed by atoms with Crippen molar-refractivity contribution in [3.8, 4) is 5.75 Å².